The number of amides is 1. The number of hydrogen-bond acceptors (Lipinski definition) is 1. The molecule has 0 saturated carbocycles. The van der Waals surface area contributed by atoms with Crippen LogP contribution in [0.25, 0.3) is 0 Å². The lowest BCUT2D eigenvalue weighted by Gasteiger charge is -2.22. The van der Waals surface area contributed by atoms with Gasteiger partial charge in [-0.2, -0.15) is 0 Å². The topological polar surface area (TPSA) is 20.3 Å². The summed E-state index contributed by atoms with van der Waals surface area (Å²) in [6.45, 7) is 0.879. The van der Waals surface area contributed by atoms with Gasteiger partial charge in [-0.15, -0.1) is 0 Å². The Morgan fingerprint density at radius 1 is 1.19 bits per heavy atom. The number of rotatable bonds is 3. The lowest BCUT2D eigenvalue weighted by Crippen LogP contribution is -2.30. The summed E-state index contributed by atoms with van der Waals surface area (Å²) in [7, 11) is 0. The maximum absolute atomic E-state index is 11.5. The summed E-state index contributed by atoms with van der Waals surface area (Å²) in [5, 5.41) is 0. The predicted octanol–water partition coefficient (Wildman–Crippen LogP) is 2.76. The fourth-order valence-electron chi connectivity index (χ4n) is 1.91. The highest BCUT2D eigenvalue weighted by Gasteiger charge is 2.14. The molecule has 2 nitrogen and oxygen atoms in total. The molecule has 84 valence electrons. The smallest absolute Gasteiger partial charge is 0.226 e. The lowest BCUT2D eigenvalue weighted by molar-refractivity contribution is -0.130. The molecule has 1 aliphatic heterocycles. The molecule has 1 aromatic carbocycles. The molecule has 2 heteroatoms. The van der Waals surface area contributed by atoms with Crippen LogP contribution in [0.3, 0.4) is 0 Å². The molecule has 0 aliphatic carbocycles. The number of carbonyl (C=O) groups excluding carboxylic acids is 1. The van der Waals surface area contributed by atoms with E-state index in [9.17, 15) is 4.79 Å². The van der Waals surface area contributed by atoms with E-state index in [4.69, 9.17) is 0 Å². The van der Waals surface area contributed by atoms with Crippen LogP contribution >= 0.6 is 0 Å². The fraction of sp³-hybridized carbons (Fsp3) is 0.357. The molecule has 1 heterocycles. The van der Waals surface area contributed by atoms with Gasteiger partial charge in [0, 0.05) is 19.2 Å². The van der Waals surface area contributed by atoms with E-state index in [-0.39, 0.29) is 5.91 Å². The molecule has 1 aliphatic rings. The molecule has 0 bridgehead atoms. The highest BCUT2D eigenvalue weighted by molar-refractivity contribution is 5.77. The van der Waals surface area contributed by atoms with Gasteiger partial charge in [0.25, 0.3) is 0 Å². The zero-order valence-electron chi connectivity index (χ0n) is 9.43. The highest BCUT2D eigenvalue weighted by atomic mass is 16.2. The van der Waals surface area contributed by atoms with Crippen LogP contribution in [-0.4, -0.2) is 17.4 Å². The number of piperidine rings is 1. The normalized spacial score (nSPS) is 17.0. The van der Waals surface area contributed by atoms with Crippen molar-refractivity contribution in [2.45, 2.75) is 25.7 Å². The van der Waals surface area contributed by atoms with Crippen LogP contribution in [0.15, 0.2) is 42.6 Å². The number of likely N-dealkylation sites (tertiary alicyclic amines) is 1. The molecule has 16 heavy (non-hydrogen) atoms. The van der Waals surface area contributed by atoms with Gasteiger partial charge < -0.3 is 4.90 Å². The van der Waals surface area contributed by atoms with Crippen molar-refractivity contribution in [1.29, 1.82) is 0 Å². The first-order chi connectivity index (χ1) is 7.86. The van der Waals surface area contributed by atoms with Gasteiger partial charge in [0.1, 0.15) is 0 Å². The largest absolute Gasteiger partial charge is 0.319 e. The van der Waals surface area contributed by atoms with Gasteiger partial charge in [0.05, 0.1) is 0 Å². The predicted molar refractivity (Wildman–Crippen MR) is 64.9 cm³/mol. The van der Waals surface area contributed by atoms with E-state index in [2.05, 4.69) is 18.2 Å². The van der Waals surface area contributed by atoms with Crippen LogP contribution < -0.4 is 0 Å². The van der Waals surface area contributed by atoms with E-state index in [0.29, 0.717) is 6.42 Å². The molecule has 1 saturated heterocycles. The van der Waals surface area contributed by atoms with E-state index in [0.717, 1.165) is 25.8 Å². The second-order valence-electron chi connectivity index (χ2n) is 4.12. The Morgan fingerprint density at radius 2 is 2.00 bits per heavy atom. The maximum atomic E-state index is 11.5. The summed E-state index contributed by atoms with van der Waals surface area (Å²) in [6, 6.07) is 10.3. The minimum atomic E-state index is 0.260. The Hall–Kier alpha value is -1.57. The SMILES string of the molecule is O=C1CCCCN1/C=C/Cc1ccccc1. The molecule has 2 rings (SSSR count). The van der Waals surface area contributed by atoms with Crippen LogP contribution in [-0.2, 0) is 11.2 Å². The Balaban J connectivity index is 1.87. The number of allylic oxidation sites excluding steroid dienone is 1. The summed E-state index contributed by atoms with van der Waals surface area (Å²) in [5.41, 5.74) is 1.28. The molecule has 0 atom stereocenters. The van der Waals surface area contributed by atoms with E-state index >= 15 is 0 Å². The Kier molecular flexibility index (Phi) is 3.76. The molecular formula is C14H17NO. The summed E-state index contributed by atoms with van der Waals surface area (Å²) < 4.78 is 0. The first kappa shape index (κ1) is 10.9. The van der Waals surface area contributed by atoms with Crippen molar-refractivity contribution in [1.82, 2.24) is 4.90 Å². The van der Waals surface area contributed by atoms with Crippen LogP contribution in [0.2, 0.25) is 0 Å². The van der Waals surface area contributed by atoms with E-state index in [1.807, 2.05) is 29.3 Å². The zero-order chi connectivity index (χ0) is 11.2. The maximum Gasteiger partial charge on any atom is 0.226 e. The minimum absolute atomic E-state index is 0.260. The third-order valence-electron chi connectivity index (χ3n) is 2.84. The lowest BCUT2D eigenvalue weighted by atomic mass is 10.1. The molecule has 1 fully saturated rings. The van der Waals surface area contributed by atoms with Gasteiger partial charge in [0.2, 0.25) is 5.91 Å². The molecule has 0 radical (unpaired) electrons. The molecular weight excluding hydrogens is 198 g/mol. The molecule has 0 unspecified atom stereocenters. The summed E-state index contributed by atoms with van der Waals surface area (Å²) >= 11 is 0. The first-order valence-electron chi connectivity index (χ1n) is 5.86. The Bertz CT molecular complexity index is 370. The number of benzene rings is 1. The van der Waals surface area contributed by atoms with Gasteiger partial charge in [-0.05, 0) is 24.8 Å². The van der Waals surface area contributed by atoms with Crippen molar-refractivity contribution in [3.63, 3.8) is 0 Å². The second-order valence-corrected chi connectivity index (χ2v) is 4.12. The quantitative estimate of drug-likeness (QED) is 0.759. The molecule has 0 aromatic heterocycles. The fourth-order valence-corrected chi connectivity index (χ4v) is 1.91. The Labute approximate surface area is 96.6 Å². The first-order valence-corrected chi connectivity index (χ1v) is 5.86. The molecule has 1 amide bonds. The van der Waals surface area contributed by atoms with Crippen LogP contribution in [0.1, 0.15) is 24.8 Å². The third-order valence-corrected chi connectivity index (χ3v) is 2.84. The summed E-state index contributed by atoms with van der Waals surface area (Å²) in [5.74, 6) is 0.260. The minimum Gasteiger partial charge on any atom is -0.319 e. The van der Waals surface area contributed by atoms with Gasteiger partial charge in [-0.25, -0.2) is 0 Å². The van der Waals surface area contributed by atoms with Crippen LogP contribution in [0.4, 0.5) is 0 Å². The van der Waals surface area contributed by atoms with Crippen LogP contribution in [0.5, 0.6) is 0 Å². The summed E-state index contributed by atoms with van der Waals surface area (Å²) in [4.78, 5) is 13.4. The summed E-state index contributed by atoms with van der Waals surface area (Å²) in [6.07, 6.45) is 7.77. The molecule has 0 N–H and O–H groups in total. The van der Waals surface area contributed by atoms with Gasteiger partial charge >= 0.3 is 0 Å². The van der Waals surface area contributed by atoms with Crippen molar-refractivity contribution in [2.75, 3.05) is 6.54 Å². The van der Waals surface area contributed by atoms with Crippen molar-refractivity contribution in [3.8, 4) is 0 Å². The second kappa shape index (κ2) is 5.50. The molecule has 1 aromatic rings. The average Bonchev–Trinajstić information content (AvgIpc) is 2.33. The van der Waals surface area contributed by atoms with Crippen molar-refractivity contribution >= 4 is 5.91 Å². The number of carbonyl (C=O) groups is 1. The molecule has 0 spiro atoms. The van der Waals surface area contributed by atoms with E-state index in [1.165, 1.54) is 5.56 Å². The van der Waals surface area contributed by atoms with E-state index < -0.39 is 0 Å². The standard InChI is InChI=1S/C14H17NO/c16-14-10-4-5-11-15(14)12-6-9-13-7-2-1-3-8-13/h1-3,6-8,12H,4-5,9-11H2/b12-6+. The third kappa shape index (κ3) is 2.96. The van der Waals surface area contributed by atoms with Crippen molar-refractivity contribution in [2.24, 2.45) is 0 Å². The average molecular weight is 215 g/mol. The Morgan fingerprint density at radius 3 is 2.75 bits per heavy atom. The van der Waals surface area contributed by atoms with Crippen molar-refractivity contribution in [3.05, 3.63) is 48.2 Å². The van der Waals surface area contributed by atoms with Crippen molar-refractivity contribution < 1.29 is 4.79 Å². The van der Waals surface area contributed by atoms with Gasteiger partial charge in [0.15, 0.2) is 0 Å². The zero-order valence-corrected chi connectivity index (χ0v) is 9.43. The number of hydrogen-bond donors (Lipinski definition) is 0. The van der Waals surface area contributed by atoms with Crippen LogP contribution in [0, 0.1) is 0 Å². The monoisotopic (exact) mass is 215 g/mol. The highest BCUT2D eigenvalue weighted by Crippen LogP contribution is 2.11. The van der Waals surface area contributed by atoms with E-state index in [1.54, 1.807) is 0 Å². The van der Waals surface area contributed by atoms with Gasteiger partial charge in [-0.3, -0.25) is 4.79 Å². The number of nitrogens with zero attached hydrogens (tertiary/aromatic N) is 1. The van der Waals surface area contributed by atoms with Gasteiger partial charge in [-0.1, -0.05) is 36.4 Å².